The van der Waals surface area contributed by atoms with Crippen LogP contribution in [-0.4, -0.2) is 32.2 Å². The van der Waals surface area contributed by atoms with Gasteiger partial charge in [-0.3, -0.25) is 30.2 Å². The second-order valence-electron chi connectivity index (χ2n) is 8.53. The normalized spacial score (nSPS) is 11.2. The summed E-state index contributed by atoms with van der Waals surface area (Å²) in [6, 6.07) is 29.5. The van der Waals surface area contributed by atoms with E-state index in [9.17, 15) is 20.2 Å². The van der Waals surface area contributed by atoms with E-state index in [2.05, 4.69) is 20.0 Å². The maximum atomic E-state index is 11.2. The van der Waals surface area contributed by atoms with Crippen molar-refractivity contribution in [2.24, 2.45) is 9.98 Å². The Hall–Kier alpha value is -5.90. The summed E-state index contributed by atoms with van der Waals surface area (Å²) < 4.78 is 0. The first-order valence-electron chi connectivity index (χ1n) is 12.1. The lowest BCUT2D eigenvalue weighted by atomic mass is 10.1. The van der Waals surface area contributed by atoms with Gasteiger partial charge in [-0.1, -0.05) is 48.5 Å². The van der Waals surface area contributed by atoms with Crippen molar-refractivity contribution < 1.29 is 9.85 Å². The summed E-state index contributed by atoms with van der Waals surface area (Å²) in [4.78, 5) is 39.0. The third-order valence-electron chi connectivity index (χ3n) is 5.97. The number of nitro benzene ring substituents is 2. The Bertz CT molecular complexity index is 1620. The van der Waals surface area contributed by atoms with E-state index >= 15 is 0 Å². The predicted octanol–water partition coefficient (Wildman–Crippen LogP) is 7.13. The van der Waals surface area contributed by atoms with Gasteiger partial charge in [-0.05, 0) is 42.5 Å². The van der Waals surface area contributed by atoms with Crippen molar-refractivity contribution in [3.63, 3.8) is 0 Å². The van der Waals surface area contributed by atoms with Crippen LogP contribution < -0.4 is 0 Å². The molecule has 0 saturated carbocycles. The number of para-hydroxylation sites is 2. The highest BCUT2D eigenvalue weighted by Crippen LogP contribution is 2.27. The fraction of sp³-hybridized carbons (Fsp3) is 0. The minimum absolute atomic E-state index is 0.00334. The molecule has 0 spiro atoms. The summed E-state index contributed by atoms with van der Waals surface area (Å²) in [6.45, 7) is 0. The van der Waals surface area contributed by atoms with Crippen molar-refractivity contribution in [2.45, 2.75) is 0 Å². The summed E-state index contributed by atoms with van der Waals surface area (Å²) in [7, 11) is 0. The van der Waals surface area contributed by atoms with Gasteiger partial charge in [0.15, 0.2) is 0 Å². The van der Waals surface area contributed by atoms with Gasteiger partial charge in [0, 0.05) is 35.7 Å². The lowest BCUT2D eigenvalue weighted by Crippen LogP contribution is -1.93. The van der Waals surface area contributed by atoms with Crippen molar-refractivity contribution >= 4 is 35.2 Å². The Morgan fingerprint density at radius 2 is 0.975 bits per heavy atom. The Morgan fingerprint density at radius 3 is 1.38 bits per heavy atom. The highest BCUT2D eigenvalue weighted by molar-refractivity contribution is 5.88. The van der Waals surface area contributed by atoms with E-state index in [4.69, 9.17) is 0 Å². The molecule has 0 fully saturated rings. The Morgan fingerprint density at radius 1 is 0.575 bits per heavy atom. The van der Waals surface area contributed by atoms with Crippen LogP contribution in [0.3, 0.4) is 0 Å². The Balaban J connectivity index is 1.31. The molecule has 10 heteroatoms. The van der Waals surface area contributed by atoms with Crippen LogP contribution >= 0.6 is 0 Å². The summed E-state index contributed by atoms with van der Waals surface area (Å²) >= 11 is 0. The molecule has 0 radical (unpaired) electrons. The zero-order chi connectivity index (χ0) is 27.9. The first-order chi connectivity index (χ1) is 19.5. The molecule has 0 saturated heterocycles. The summed E-state index contributed by atoms with van der Waals surface area (Å²) in [5.41, 5.74) is 5.30. The topological polar surface area (TPSA) is 137 Å². The van der Waals surface area contributed by atoms with Gasteiger partial charge in [0.05, 0.1) is 43.7 Å². The molecule has 5 aromatic rings. The van der Waals surface area contributed by atoms with Crippen LogP contribution in [0.15, 0.2) is 119 Å². The number of aromatic nitrogens is 2. The molecule has 0 atom stereocenters. The second kappa shape index (κ2) is 11.7. The lowest BCUT2D eigenvalue weighted by molar-refractivity contribution is -0.385. The molecular weight excluding hydrogens is 508 g/mol. The molecule has 0 aliphatic heterocycles. The zero-order valence-corrected chi connectivity index (χ0v) is 20.9. The van der Waals surface area contributed by atoms with Gasteiger partial charge in [-0.2, -0.15) is 0 Å². The van der Waals surface area contributed by atoms with Gasteiger partial charge in [0.2, 0.25) is 0 Å². The van der Waals surface area contributed by atoms with Crippen LogP contribution in [-0.2, 0) is 0 Å². The van der Waals surface area contributed by atoms with E-state index in [1.54, 1.807) is 36.4 Å². The SMILES string of the molecule is O=[N+]([O-])c1ccccc1C=Nc1ccc(-c2cc(-c3ccc(N=Cc4ccccc4[N+](=O)[O-])cc3)ncn2)cc1. The maximum absolute atomic E-state index is 11.2. The van der Waals surface area contributed by atoms with E-state index in [0.717, 1.165) is 22.5 Å². The third kappa shape index (κ3) is 5.97. The van der Waals surface area contributed by atoms with Gasteiger partial charge in [0.25, 0.3) is 11.4 Å². The largest absolute Gasteiger partial charge is 0.278 e. The molecule has 0 N–H and O–H groups in total. The maximum Gasteiger partial charge on any atom is 0.278 e. The van der Waals surface area contributed by atoms with Crippen LogP contribution in [0.25, 0.3) is 22.5 Å². The van der Waals surface area contributed by atoms with Crippen LogP contribution in [0, 0.1) is 20.2 Å². The number of rotatable bonds is 8. The molecule has 1 aromatic heterocycles. The van der Waals surface area contributed by atoms with E-state index < -0.39 is 9.85 Å². The first kappa shape index (κ1) is 25.7. The molecule has 194 valence electrons. The monoisotopic (exact) mass is 528 g/mol. The number of benzene rings is 4. The predicted molar refractivity (Wildman–Crippen MR) is 154 cm³/mol. The number of hydrogen-bond acceptors (Lipinski definition) is 8. The molecule has 0 aliphatic carbocycles. The average Bonchev–Trinajstić information content (AvgIpc) is 3.00. The summed E-state index contributed by atoms with van der Waals surface area (Å²) in [5.74, 6) is 0. The van der Waals surface area contributed by atoms with E-state index in [0.29, 0.717) is 22.5 Å². The molecule has 0 amide bonds. The molecule has 0 bridgehead atoms. The van der Waals surface area contributed by atoms with Gasteiger partial charge in [-0.25, -0.2) is 9.97 Å². The number of nitrogens with zero attached hydrogens (tertiary/aromatic N) is 6. The minimum atomic E-state index is -0.434. The van der Waals surface area contributed by atoms with Crippen molar-refractivity contribution in [1.82, 2.24) is 9.97 Å². The van der Waals surface area contributed by atoms with E-state index in [-0.39, 0.29) is 11.4 Å². The van der Waals surface area contributed by atoms with Crippen LogP contribution in [0.2, 0.25) is 0 Å². The van der Waals surface area contributed by atoms with Crippen molar-refractivity contribution in [3.05, 3.63) is 141 Å². The number of nitro groups is 2. The van der Waals surface area contributed by atoms with Gasteiger partial charge in [0.1, 0.15) is 6.33 Å². The van der Waals surface area contributed by atoms with Gasteiger partial charge < -0.3 is 0 Å². The quantitative estimate of drug-likeness (QED) is 0.119. The summed E-state index contributed by atoms with van der Waals surface area (Å²) in [6.07, 6.45) is 4.45. The van der Waals surface area contributed by atoms with E-state index in [1.165, 1.54) is 30.9 Å². The molecule has 1 heterocycles. The molecule has 4 aromatic carbocycles. The Kier molecular flexibility index (Phi) is 7.50. The fourth-order valence-corrected chi connectivity index (χ4v) is 3.92. The molecule has 5 rings (SSSR count). The van der Waals surface area contributed by atoms with Crippen molar-refractivity contribution in [1.29, 1.82) is 0 Å². The third-order valence-corrected chi connectivity index (χ3v) is 5.97. The van der Waals surface area contributed by atoms with Crippen LogP contribution in [0.4, 0.5) is 22.7 Å². The van der Waals surface area contributed by atoms with Crippen molar-refractivity contribution in [2.75, 3.05) is 0 Å². The van der Waals surface area contributed by atoms with Crippen LogP contribution in [0.5, 0.6) is 0 Å². The smallest absolute Gasteiger partial charge is 0.258 e. The molecule has 40 heavy (non-hydrogen) atoms. The first-order valence-corrected chi connectivity index (χ1v) is 12.1. The Labute approximate surface area is 228 Å². The highest BCUT2D eigenvalue weighted by atomic mass is 16.6. The standard InChI is InChI=1S/C30H20N6O4/c37-35(38)29-7-3-1-5-23(29)18-31-25-13-9-21(10-14-25)27-17-28(34-20-33-27)22-11-15-26(16-12-22)32-19-24-6-2-4-8-30(24)36(39)40/h1-20H. The zero-order valence-electron chi connectivity index (χ0n) is 20.9. The second-order valence-corrected chi connectivity index (χ2v) is 8.53. The van der Waals surface area contributed by atoms with E-state index in [1.807, 2.05) is 54.6 Å². The average molecular weight is 529 g/mol. The molecule has 10 nitrogen and oxygen atoms in total. The highest BCUT2D eigenvalue weighted by Gasteiger charge is 2.11. The number of aliphatic imine (C=N–C) groups is 2. The minimum Gasteiger partial charge on any atom is -0.258 e. The lowest BCUT2D eigenvalue weighted by Gasteiger charge is -2.05. The number of hydrogen-bond donors (Lipinski definition) is 0. The molecule has 0 aliphatic rings. The molecular formula is C30H20N6O4. The fourth-order valence-electron chi connectivity index (χ4n) is 3.92. The van der Waals surface area contributed by atoms with Crippen molar-refractivity contribution in [3.8, 4) is 22.5 Å². The van der Waals surface area contributed by atoms with Gasteiger partial charge >= 0.3 is 0 Å². The van der Waals surface area contributed by atoms with Gasteiger partial charge in [-0.15, -0.1) is 0 Å². The van der Waals surface area contributed by atoms with Crippen LogP contribution in [0.1, 0.15) is 11.1 Å². The summed E-state index contributed by atoms with van der Waals surface area (Å²) in [5, 5.41) is 22.4. The molecule has 0 unspecified atom stereocenters.